The van der Waals surface area contributed by atoms with E-state index in [1.54, 1.807) is 30.7 Å². The number of carbonyl (C=O) groups is 1. The van der Waals surface area contributed by atoms with Crippen molar-refractivity contribution in [2.24, 2.45) is 0 Å². The van der Waals surface area contributed by atoms with Crippen molar-refractivity contribution in [2.75, 3.05) is 6.54 Å². The van der Waals surface area contributed by atoms with Crippen molar-refractivity contribution in [3.8, 4) is 0 Å². The summed E-state index contributed by atoms with van der Waals surface area (Å²) in [6.07, 6.45) is 5.63. The van der Waals surface area contributed by atoms with Crippen LogP contribution < -0.4 is 5.32 Å². The molecule has 1 aromatic carbocycles. The van der Waals surface area contributed by atoms with Crippen LogP contribution in [0.25, 0.3) is 0 Å². The third-order valence-electron chi connectivity index (χ3n) is 3.03. The average Bonchev–Trinajstić information content (AvgIpc) is 2.96. The Balaban J connectivity index is 1.62. The number of carbonyl (C=O) groups excluding carboxylic acids is 1. The van der Waals surface area contributed by atoms with E-state index in [1.807, 2.05) is 0 Å². The molecule has 106 valence electrons. The first-order valence-electron chi connectivity index (χ1n) is 6.64. The molecule has 0 spiro atoms. The van der Waals surface area contributed by atoms with Gasteiger partial charge in [-0.15, -0.1) is 0 Å². The molecule has 0 unspecified atom stereocenters. The number of halogens is 1. The zero-order valence-electron chi connectivity index (χ0n) is 11.1. The van der Waals surface area contributed by atoms with Gasteiger partial charge in [0.15, 0.2) is 0 Å². The summed E-state index contributed by atoms with van der Waals surface area (Å²) in [6.45, 7) is 0.598. The maximum absolute atomic E-state index is 13.4. The molecule has 1 N–H and O–H groups in total. The minimum atomic E-state index is -0.257. The van der Waals surface area contributed by atoms with Crippen molar-refractivity contribution >= 4 is 5.91 Å². The number of aromatic nitrogens is 1. The molecule has 0 fully saturated rings. The van der Waals surface area contributed by atoms with Gasteiger partial charge in [-0.25, -0.2) is 4.39 Å². The van der Waals surface area contributed by atoms with Crippen LogP contribution >= 0.6 is 0 Å². The number of nitrogens with zero attached hydrogens (tertiary/aromatic N) is 1. The fourth-order valence-electron chi connectivity index (χ4n) is 1.91. The Morgan fingerprint density at radius 3 is 2.90 bits per heavy atom. The van der Waals surface area contributed by atoms with Gasteiger partial charge in [-0.3, -0.25) is 4.79 Å². The topological polar surface area (TPSA) is 55.1 Å². The predicted molar refractivity (Wildman–Crippen MR) is 72.6 cm³/mol. The Labute approximate surface area is 117 Å². The first kappa shape index (κ1) is 14.2. The summed E-state index contributed by atoms with van der Waals surface area (Å²) in [6, 6.07) is 6.53. The van der Waals surface area contributed by atoms with Crippen LogP contribution in [-0.4, -0.2) is 17.6 Å². The number of amides is 1. The van der Waals surface area contributed by atoms with Crippen LogP contribution in [-0.2, 0) is 17.6 Å². The van der Waals surface area contributed by atoms with Crippen LogP contribution in [0, 0.1) is 5.82 Å². The van der Waals surface area contributed by atoms with Crippen molar-refractivity contribution in [3.05, 3.63) is 53.7 Å². The van der Waals surface area contributed by atoms with Crippen LogP contribution in [0.5, 0.6) is 0 Å². The predicted octanol–water partition coefficient (Wildman–Crippen LogP) is 2.50. The molecule has 0 atom stereocenters. The van der Waals surface area contributed by atoms with E-state index in [-0.39, 0.29) is 11.7 Å². The molecule has 1 heterocycles. The van der Waals surface area contributed by atoms with Gasteiger partial charge in [-0.05, 0) is 30.9 Å². The molecule has 0 saturated carbocycles. The summed E-state index contributed by atoms with van der Waals surface area (Å²) in [5.74, 6) is -0.314. The molecule has 2 rings (SSSR count). The van der Waals surface area contributed by atoms with E-state index in [0.29, 0.717) is 24.9 Å². The first-order chi connectivity index (χ1) is 9.75. The first-order valence-corrected chi connectivity index (χ1v) is 6.64. The molecule has 2 aromatic rings. The second-order valence-corrected chi connectivity index (χ2v) is 4.58. The Morgan fingerprint density at radius 2 is 2.15 bits per heavy atom. The van der Waals surface area contributed by atoms with Gasteiger partial charge < -0.3 is 9.84 Å². The van der Waals surface area contributed by atoms with Crippen molar-refractivity contribution in [1.29, 1.82) is 0 Å². The minimum Gasteiger partial charge on any atom is -0.364 e. The fraction of sp³-hybridized carbons (Fsp3) is 0.333. The van der Waals surface area contributed by atoms with E-state index in [4.69, 9.17) is 4.52 Å². The van der Waals surface area contributed by atoms with Gasteiger partial charge in [0.2, 0.25) is 5.91 Å². The molecule has 4 nitrogen and oxygen atoms in total. The van der Waals surface area contributed by atoms with Crippen LogP contribution in [0.2, 0.25) is 0 Å². The molecule has 0 aliphatic carbocycles. The Morgan fingerprint density at radius 1 is 1.30 bits per heavy atom. The highest BCUT2D eigenvalue weighted by molar-refractivity contribution is 5.76. The Hall–Kier alpha value is -2.17. The molecule has 0 bridgehead atoms. The average molecular weight is 276 g/mol. The Bertz CT molecular complexity index is 541. The van der Waals surface area contributed by atoms with Crippen molar-refractivity contribution in [1.82, 2.24) is 10.5 Å². The van der Waals surface area contributed by atoms with Crippen LogP contribution in [0.15, 0.2) is 41.2 Å². The monoisotopic (exact) mass is 276 g/mol. The molecule has 0 aliphatic heterocycles. The van der Waals surface area contributed by atoms with Gasteiger partial charge in [-0.1, -0.05) is 23.4 Å². The van der Waals surface area contributed by atoms with Gasteiger partial charge >= 0.3 is 0 Å². The summed E-state index contributed by atoms with van der Waals surface area (Å²) in [7, 11) is 0. The van der Waals surface area contributed by atoms with E-state index >= 15 is 0 Å². The number of nitrogens with one attached hydrogen (secondary N) is 1. The summed E-state index contributed by atoms with van der Waals surface area (Å²) in [4.78, 5) is 11.6. The quantitative estimate of drug-likeness (QED) is 0.790. The van der Waals surface area contributed by atoms with Gasteiger partial charge in [0.25, 0.3) is 0 Å². The van der Waals surface area contributed by atoms with Gasteiger partial charge in [0.1, 0.15) is 12.1 Å². The number of hydrogen-bond acceptors (Lipinski definition) is 3. The zero-order valence-corrected chi connectivity index (χ0v) is 11.1. The third-order valence-corrected chi connectivity index (χ3v) is 3.03. The summed E-state index contributed by atoms with van der Waals surface area (Å²) >= 11 is 0. The molecular weight excluding hydrogens is 259 g/mol. The van der Waals surface area contributed by atoms with E-state index in [2.05, 4.69) is 10.5 Å². The Kier molecular flexibility index (Phi) is 5.29. The third kappa shape index (κ3) is 4.50. The van der Waals surface area contributed by atoms with Crippen molar-refractivity contribution in [3.63, 3.8) is 0 Å². The SMILES string of the molecule is O=C(CCc1ccccc1F)NCCCc1cnoc1. The highest BCUT2D eigenvalue weighted by atomic mass is 19.1. The van der Waals surface area contributed by atoms with Crippen LogP contribution in [0.1, 0.15) is 24.0 Å². The van der Waals surface area contributed by atoms with E-state index in [0.717, 1.165) is 18.4 Å². The number of rotatable bonds is 7. The molecule has 0 aliphatic rings. The minimum absolute atomic E-state index is 0.0569. The largest absolute Gasteiger partial charge is 0.364 e. The van der Waals surface area contributed by atoms with Gasteiger partial charge in [0.05, 0.1) is 6.20 Å². The summed E-state index contributed by atoms with van der Waals surface area (Å²) < 4.78 is 18.1. The lowest BCUT2D eigenvalue weighted by Crippen LogP contribution is -2.25. The highest BCUT2D eigenvalue weighted by Gasteiger charge is 2.05. The highest BCUT2D eigenvalue weighted by Crippen LogP contribution is 2.08. The zero-order chi connectivity index (χ0) is 14.2. The number of benzene rings is 1. The standard InChI is InChI=1S/C15H17FN2O2/c16-14-6-2-1-5-13(14)7-8-15(19)17-9-3-4-12-10-18-20-11-12/h1-2,5-6,10-11H,3-4,7-9H2,(H,17,19). The molecular formula is C15H17FN2O2. The molecule has 1 aromatic heterocycles. The maximum atomic E-state index is 13.4. The summed E-state index contributed by atoms with van der Waals surface area (Å²) in [5.41, 5.74) is 1.60. The van der Waals surface area contributed by atoms with Crippen LogP contribution in [0.4, 0.5) is 4.39 Å². The molecule has 20 heavy (non-hydrogen) atoms. The second-order valence-electron chi connectivity index (χ2n) is 4.58. The number of hydrogen-bond donors (Lipinski definition) is 1. The van der Waals surface area contributed by atoms with Gasteiger partial charge in [-0.2, -0.15) is 0 Å². The van der Waals surface area contributed by atoms with E-state index < -0.39 is 0 Å². The smallest absolute Gasteiger partial charge is 0.220 e. The normalized spacial score (nSPS) is 10.4. The summed E-state index contributed by atoms with van der Waals surface area (Å²) in [5, 5.41) is 6.43. The van der Waals surface area contributed by atoms with Crippen molar-refractivity contribution < 1.29 is 13.7 Å². The molecule has 1 amide bonds. The van der Waals surface area contributed by atoms with E-state index in [9.17, 15) is 9.18 Å². The maximum Gasteiger partial charge on any atom is 0.220 e. The molecule has 5 heteroatoms. The molecule has 0 saturated heterocycles. The second kappa shape index (κ2) is 7.43. The lowest BCUT2D eigenvalue weighted by atomic mass is 10.1. The lowest BCUT2D eigenvalue weighted by Gasteiger charge is -2.05. The van der Waals surface area contributed by atoms with E-state index in [1.165, 1.54) is 6.07 Å². The lowest BCUT2D eigenvalue weighted by molar-refractivity contribution is -0.121. The molecule has 0 radical (unpaired) electrons. The fourth-order valence-corrected chi connectivity index (χ4v) is 1.91. The van der Waals surface area contributed by atoms with Gasteiger partial charge in [0, 0.05) is 18.5 Å². The van der Waals surface area contributed by atoms with Crippen LogP contribution in [0.3, 0.4) is 0 Å². The number of aryl methyl sites for hydroxylation is 2. The van der Waals surface area contributed by atoms with Crippen molar-refractivity contribution in [2.45, 2.75) is 25.7 Å².